The largest absolute Gasteiger partial charge is 0.486 e. The van der Waals surface area contributed by atoms with Gasteiger partial charge in [0.05, 0.1) is 18.5 Å². The Bertz CT molecular complexity index is 859. The van der Waals surface area contributed by atoms with Gasteiger partial charge in [-0.2, -0.15) is 0 Å². The van der Waals surface area contributed by atoms with Crippen molar-refractivity contribution in [2.75, 3.05) is 20.3 Å². The van der Waals surface area contributed by atoms with E-state index in [1.54, 1.807) is 24.1 Å². The molecule has 0 unspecified atom stereocenters. The molecule has 0 spiro atoms. The Balaban J connectivity index is 1.60. The molecular weight excluding hydrogens is 376 g/mol. The number of hydrogen-bond donors (Lipinski definition) is 0. The van der Waals surface area contributed by atoms with Crippen LogP contribution in [0.5, 0.6) is 5.75 Å². The van der Waals surface area contributed by atoms with Crippen LogP contribution in [0.2, 0.25) is 0 Å². The smallest absolute Gasteiger partial charge is 0.289 e. The molecule has 0 fully saturated rings. The van der Waals surface area contributed by atoms with Gasteiger partial charge in [-0.3, -0.25) is 4.79 Å². The first-order valence-electron chi connectivity index (χ1n) is 9.10. The highest BCUT2D eigenvalue weighted by atomic mass is 32.1. The van der Waals surface area contributed by atoms with E-state index in [2.05, 4.69) is 4.98 Å². The standard InChI is InChI=1S/C21H24N2O4S/c1-16-6-8-18(9-7-16)27-14-20-22-17(15-28-20)13-23(10-4-11-25-2)21(24)19-5-3-12-26-19/h3,5-9,12,15H,4,10-11,13-14H2,1-2H3. The molecule has 3 rings (SSSR count). The number of carbonyl (C=O) groups excluding carboxylic acids is 1. The third-order valence-electron chi connectivity index (χ3n) is 4.13. The summed E-state index contributed by atoms with van der Waals surface area (Å²) in [5, 5.41) is 2.84. The van der Waals surface area contributed by atoms with Gasteiger partial charge in [-0.05, 0) is 37.6 Å². The van der Waals surface area contributed by atoms with E-state index in [-0.39, 0.29) is 5.91 Å². The molecule has 3 aromatic rings. The number of hydrogen-bond acceptors (Lipinski definition) is 6. The molecule has 0 aliphatic heterocycles. The van der Waals surface area contributed by atoms with Crippen LogP contribution in [0.4, 0.5) is 0 Å². The van der Waals surface area contributed by atoms with Crippen molar-refractivity contribution in [1.29, 1.82) is 0 Å². The van der Waals surface area contributed by atoms with Crippen LogP contribution in [0, 0.1) is 6.92 Å². The minimum atomic E-state index is -0.147. The molecule has 2 heterocycles. The molecule has 0 saturated carbocycles. The monoisotopic (exact) mass is 400 g/mol. The topological polar surface area (TPSA) is 64.8 Å². The van der Waals surface area contributed by atoms with E-state index in [4.69, 9.17) is 13.9 Å². The van der Waals surface area contributed by atoms with E-state index >= 15 is 0 Å². The predicted molar refractivity (Wildman–Crippen MR) is 108 cm³/mol. The van der Waals surface area contributed by atoms with E-state index in [1.165, 1.54) is 23.2 Å². The molecule has 0 aliphatic carbocycles. The van der Waals surface area contributed by atoms with E-state index in [0.717, 1.165) is 22.9 Å². The van der Waals surface area contributed by atoms with Crippen molar-refractivity contribution in [3.63, 3.8) is 0 Å². The molecule has 148 valence electrons. The first-order valence-corrected chi connectivity index (χ1v) is 9.98. The number of thiazole rings is 1. The Morgan fingerprint density at radius 1 is 1.25 bits per heavy atom. The lowest BCUT2D eigenvalue weighted by atomic mass is 10.2. The predicted octanol–water partition coefficient (Wildman–Crippen LogP) is 4.30. The van der Waals surface area contributed by atoms with Crippen LogP contribution in [0.1, 0.15) is 33.2 Å². The van der Waals surface area contributed by atoms with E-state index in [9.17, 15) is 4.79 Å². The van der Waals surface area contributed by atoms with Crippen molar-refractivity contribution < 1.29 is 18.7 Å². The Labute approximate surface area is 168 Å². The first-order chi connectivity index (χ1) is 13.7. The van der Waals surface area contributed by atoms with Gasteiger partial charge in [-0.15, -0.1) is 11.3 Å². The van der Waals surface area contributed by atoms with Crippen LogP contribution in [0.3, 0.4) is 0 Å². The van der Waals surface area contributed by atoms with Gasteiger partial charge in [-0.1, -0.05) is 17.7 Å². The van der Waals surface area contributed by atoms with Crippen LogP contribution in [-0.2, 0) is 17.9 Å². The van der Waals surface area contributed by atoms with Gasteiger partial charge in [0, 0.05) is 25.6 Å². The van der Waals surface area contributed by atoms with Crippen molar-refractivity contribution in [2.24, 2.45) is 0 Å². The van der Waals surface area contributed by atoms with Gasteiger partial charge in [0.15, 0.2) is 5.76 Å². The van der Waals surface area contributed by atoms with Gasteiger partial charge >= 0.3 is 0 Å². The Morgan fingerprint density at radius 2 is 2.07 bits per heavy atom. The molecule has 28 heavy (non-hydrogen) atoms. The molecule has 0 aliphatic rings. The molecule has 2 aromatic heterocycles. The number of nitrogens with zero attached hydrogens (tertiary/aromatic N) is 2. The Morgan fingerprint density at radius 3 is 2.79 bits per heavy atom. The van der Waals surface area contributed by atoms with Crippen LogP contribution >= 0.6 is 11.3 Å². The molecule has 0 bridgehead atoms. The zero-order chi connectivity index (χ0) is 19.8. The second kappa shape index (κ2) is 10.1. The lowest BCUT2D eigenvalue weighted by Gasteiger charge is -2.20. The quantitative estimate of drug-likeness (QED) is 0.475. The number of aryl methyl sites for hydroxylation is 1. The molecule has 0 radical (unpaired) electrons. The molecule has 0 N–H and O–H groups in total. The summed E-state index contributed by atoms with van der Waals surface area (Å²) in [5.41, 5.74) is 2.03. The molecule has 1 amide bonds. The summed E-state index contributed by atoms with van der Waals surface area (Å²) in [6, 6.07) is 11.3. The minimum absolute atomic E-state index is 0.147. The molecule has 7 heteroatoms. The lowest BCUT2D eigenvalue weighted by molar-refractivity contribution is 0.0689. The number of carbonyl (C=O) groups is 1. The van der Waals surface area contributed by atoms with Gasteiger partial charge < -0.3 is 18.8 Å². The second-order valence-electron chi connectivity index (χ2n) is 6.38. The number of furan rings is 1. The number of rotatable bonds is 10. The molecule has 6 nitrogen and oxygen atoms in total. The summed E-state index contributed by atoms with van der Waals surface area (Å²) < 4.78 is 16.2. The highest BCUT2D eigenvalue weighted by Gasteiger charge is 2.19. The van der Waals surface area contributed by atoms with Crippen molar-refractivity contribution in [3.05, 3.63) is 70.1 Å². The van der Waals surface area contributed by atoms with Crippen molar-refractivity contribution in [3.8, 4) is 5.75 Å². The van der Waals surface area contributed by atoms with Gasteiger partial charge in [0.2, 0.25) is 0 Å². The highest BCUT2D eigenvalue weighted by molar-refractivity contribution is 7.09. The van der Waals surface area contributed by atoms with Crippen molar-refractivity contribution in [2.45, 2.75) is 26.5 Å². The van der Waals surface area contributed by atoms with Gasteiger partial charge in [-0.25, -0.2) is 4.98 Å². The molecular formula is C21H24N2O4S. The van der Waals surface area contributed by atoms with Gasteiger partial charge in [0.1, 0.15) is 17.4 Å². The number of aromatic nitrogens is 1. The molecule has 0 saturated heterocycles. The first kappa shape index (κ1) is 20.1. The van der Waals surface area contributed by atoms with Crippen molar-refractivity contribution in [1.82, 2.24) is 9.88 Å². The maximum atomic E-state index is 12.7. The van der Waals surface area contributed by atoms with Crippen molar-refractivity contribution >= 4 is 17.2 Å². The van der Waals surface area contributed by atoms with Crippen LogP contribution in [0.25, 0.3) is 0 Å². The second-order valence-corrected chi connectivity index (χ2v) is 7.33. The fourth-order valence-electron chi connectivity index (χ4n) is 2.67. The molecule has 1 aromatic carbocycles. The number of amides is 1. The molecule has 0 atom stereocenters. The third kappa shape index (κ3) is 5.68. The maximum Gasteiger partial charge on any atom is 0.289 e. The Kier molecular flexibility index (Phi) is 7.22. The minimum Gasteiger partial charge on any atom is -0.486 e. The number of methoxy groups -OCH3 is 1. The average molecular weight is 401 g/mol. The number of benzene rings is 1. The maximum absolute atomic E-state index is 12.7. The van der Waals surface area contributed by atoms with Gasteiger partial charge in [0.25, 0.3) is 5.91 Å². The van der Waals surface area contributed by atoms with Crippen LogP contribution in [-0.4, -0.2) is 36.1 Å². The van der Waals surface area contributed by atoms with Crippen LogP contribution in [0.15, 0.2) is 52.5 Å². The third-order valence-corrected chi connectivity index (χ3v) is 5.00. The number of ether oxygens (including phenoxy) is 2. The summed E-state index contributed by atoms with van der Waals surface area (Å²) in [6.45, 7) is 4.03. The lowest BCUT2D eigenvalue weighted by Crippen LogP contribution is -2.32. The summed E-state index contributed by atoms with van der Waals surface area (Å²) in [6.07, 6.45) is 2.25. The van der Waals surface area contributed by atoms with E-state index in [0.29, 0.717) is 32.1 Å². The fourth-order valence-corrected chi connectivity index (χ4v) is 3.37. The highest BCUT2D eigenvalue weighted by Crippen LogP contribution is 2.18. The SMILES string of the molecule is COCCCN(Cc1csc(COc2ccc(C)cc2)n1)C(=O)c1ccco1. The summed E-state index contributed by atoms with van der Waals surface area (Å²) in [4.78, 5) is 19.0. The summed E-state index contributed by atoms with van der Waals surface area (Å²) >= 11 is 1.53. The van der Waals surface area contributed by atoms with E-state index < -0.39 is 0 Å². The average Bonchev–Trinajstić information content (AvgIpc) is 3.39. The summed E-state index contributed by atoms with van der Waals surface area (Å²) in [5.74, 6) is 0.999. The zero-order valence-corrected chi connectivity index (χ0v) is 16.9. The van der Waals surface area contributed by atoms with Crippen LogP contribution < -0.4 is 4.74 Å². The fraction of sp³-hybridized carbons (Fsp3) is 0.333. The zero-order valence-electron chi connectivity index (χ0n) is 16.1. The summed E-state index contributed by atoms with van der Waals surface area (Å²) in [7, 11) is 1.65. The Hall–Kier alpha value is -2.64. The normalized spacial score (nSPS) is 10.8. The van der Waals surface area contributed by atoms with E-state index in [1.807, 2.05) is 36.6 Å².